The lowest BCUT2D eigenvalue weighted by Gasteiger charge is -2.12. The van der Waals surface area contributed by atoms with E-state index in [-0.39, 0.29) is 12.5 Å². The van der Waals surface area contributed by atoms with E-state index in [1.165, 1.54) is 5.56 Å². The number of amides is 1. The summed E-state index contributed by atoms with van der Waals surface area (Å²) in [5, 5.41) is 15.0. The van der Waals surface area contributed by atoms with Crippen molar-refractivity contribution in [1.82, 2.24) is 10.6 Å². The smallest absolute Gasteiger partial charge is 0.308 e. The number of hydrogen-bond donors (Lipinski definition) is 3. The molecule has 1 aliphatic rings. The van der Waals surface area contributed by atoms with Crippen LogP contribution in [0, 0.1) is 5.92 Å². The summed E-state index contributed by atoms with van der Waals surface area (Å²) in [5.74, 6) is -1.58. The zero-order valence-corrected chi connectivity index (χ0v) is 11.6. The van der Waals surface area contributed by atoms with Gasteiger partial charge in [0.25, 0.3) is 5.91 Å². The first kappa shape index (κ1) is 14.5. The lowest BCUT2D eigenvalue weighted by molar-refractivity contribution is -0.141. The van der Waals surface area contributed by atoms with Crippen LogP contribution in [0.3, 0.4) is 0 Å². The standard InChI is InChI=1S/C15H20N2O3/c1-2-3-12(15(19)20)9-17-14(18)10-4-5-11-7-16-8-13(11)6-10/h4-6,12,16H,2-3,7-9H2,1H3,(H,17,18)(H,19,20). The molecule has 0 bridgehead atoms. The maximum Gasteiger partial charge on any atom is 0.308 e. The molecule has 0 spiro atoms. The fourth-order valence-corrected chi connectivity index (χ4v) is 2.42. The Bertz CT molecular complexity index is 514. The molecule has 1 unspecified atom stereocenters. The van der Waals surface area contributed by atoms with Gasteiger partial charge in [0.15, 0.2) is 0 Å². The van der Waals surface area contributed by atoms with Crippen LogP contribution in [-0.2, 0) is 17.9 Å². The van der Waals surface area contributed by atoms with Gasteiger partial charge in [0, 0.05) is 25.2 Å². The number of benzene rings is 1. The number of nitrogens with one attached hydrogen (secondary N) is 2. The second-order valence-corrected chi connectivity index (χ2v) is 5.12. The van der Waals surface area contributed by atoms with Crippen molar-refractivity contribution in [1.29, 1.82) is 0 Å². The maximum absolute atomic E-state index is 12.1. The lowest BCUT2D eigenvalue weighted by Crippen LogP contribution is -2.33. The van der Waals surface area contributed by atoms with Gasteiger partial charge in [-0.05, 0) is 29.7 Å². The summed E-state index contributed by atoms with van der Waals surface area (Å²) in [6, 6.07) is 5.61. The van der Waals surface area contributed by atoms with Crippen LogP contribution in [0.25, 0.3) is 0 Å². The zero-order chi connectivity index (χ0) is 14.5. The highest BCUT2D eigenvalue weighted by Gasteiger charge is 2.18. The van der Waals surface area contributed by atoms with Crippen LogP contribution in [0.5, 0.6) is 0 Å². The molecule has 1 aromatic carbocycles. The van der Waals surface area contributed by atoms with Crippen LogP contribution < -0.4 is 10.6 Å². The molecule has 0 saturated heterocycles. The third-order valence-corrected chi connectivity index (χ3v) is 3.59. The Hall–Kier alpha value is -1.88. The summed E-state index contributed by atoms with van der Waals surface area (Å²) in [7, 11) is 0. The average Bonchev–Trinajstić information content (AvgIpc) is 2.89. The van der Waals surface area contributed by atoms with E-state index >= 15 is 0 Å². The lowest BCUT2D eigenvalue weighted by atomic mass is 10.0. The van der Waals surface area contributed by atoms with Crippen molar-refractivity contribution in [3.05, 3.63) is 34.9 Å². The van der Waals surface area contributed by atoms with Gasteiger partial charge in [0.1, 0.15) is 0 Å². The molecule has 3 N–H and O–H groups in total. The van der Waals surface area contributed by atoms with Gasteiger partial charge in [-0.3, -0.25) is 9.59 Å². The highest BCUT2D eigenvalue weighted by atomic mass is 16.4. The van der Waals surface area contributed by atoms with Gasteiger partial charge in [0.2, 0.25) is 0 Å². The number of aliphatic carboxylic acids is 1. The van der Waals surface area contributed by atoms with Gasteiger partial charge >= 0.3 is 5.97 Å². The number of carboxylic acids is 1. The quantitative estimate of drug-likeness (QED) is 0.736. The van der Waals surface area contributed by atoms with E-state index in [1.807, 2.05) is 19.1 Å². The largest absolute Gasteiger partial charge is 0.481 e. The second-order valence-electron chi connectivity index (χ2n) is 5.12. The van der Waals surface area contributed by atoms with Crippen molar-refractivity contribution < 1.29 is 14.7 Å². The molecule has 0 aliphatic carbocycles. The summed E-state index contributed by atoms with van der Waals surface area (Å²) >= 11 is 0. The van der Waals surface area contributed by atoms with Crippen LogP contribution >= 0.6 is 0 Å². The van der Waals surface area contributed by atoms with Crippen LogP contribution in [0.2, 0.25) is 0 Å². The summed E-state index contributed by atoms with van der Waals surface area (Å²) < 4.78 is 0. The fraction of sp³-hybridized carbons (Fsp3) is 0.467. The molecule has 5 heteroatoms. The molecule has 1 amide bonds. The first-order chi connectivity index (χ1) is 9.61. The van der Waals surface area contributed by atoms with E-state index in [0.29, 0.717) is 12.0 Å². The van der Waals surface area contributed by atoms with Crippen LogP contribution in [0.4, 0.5) is 0 Å². The maximum atomic E-state index is 12.1. The minimum absolute atomic E-state index is 0.178. The Kier molecular flexibility index (Phi) is 4.74. The van der Waals surface area contributed by atoms with Crippen LogP contribution in [0.15, 0.2) is 18.2 Å². The summed E-state index contributed by atoms with van der Waals surface area (Å²) in [5.41, 5.74) is 2.95. The molecule has 1 atom stereocenters. The van der Waals surface area contributed by atoms with Crippen molar-refractivity contribution in [2.75, 3.05) is 6.54 Å². The van der Waals surface area contributed by atoms with Crippen LogP contribution in [0.1, 0.15) is 41.3 Å². The highest BCUT2D eigenvalue weighted by Crippen LogP contribution is 2.17. The molecule has 1 aromatic rings. The van der Waals surface area contributed by atoms with Crippen molar-refractivity contribution in [3.63, 3.8) is 0 Å². The Labute approximate surface area is 118 Å². The number of carbonyl (C=O) groups is 2. The summed E-state index contributed by atoms with van der Waals surface area (Å²) in [6.45, 7) is 3.74. The second kappa shape index (κ2) is 6.52. The van der Waals surface area contributed by atoms with Gasteiger partial charge in [-0.15, -0.1) is 0 Å². The molecule has 1 heterocycles. The number of carbonyl (C=O) groups excluding carboxylic acids is 1. The molecular weight excluding hydrogens is 256 g/mol. The molecule has 0 fully saturated rings. The van der Waals surface area contributed by atoms with Gasteiger partial charge in [0.05, 0.1) is 5.92 Å². The predicted octanol–water partition coefficient (Wildman–Crippen LogP) is 1.52. The van der Waals surface area contributed by atoms with E-state index in [0.717, 1.165) is 25.1 Å². The van der Waals surface area contributed by atoms with E-state index in [1.54, 1.807) is 6.07 Å². The monoisotopic (exact) mass is 276 g/mol. The third kappa shape index (κ3) is 3.36. The average molecular weight is 276 g/mol. The number of hydrogen-bond acceptors (Lipinski definition) is 3. The first-order valence-electron chi connectivity index (χ1n) is 6.95. The topological polar surface area (TPSA) is 78.4 Å². The minimum atomic E-state index is -0.856. The molecule has 5 nitrogen and oxygen atoms in total. The van der Waals surface area contributed by atoms with Crippen molar-refractivity contribution >= 4 is 11.9 Å². The molecule has 0 radical (unpaired) electrons. The SMILES string of the molecule is CCCC(CNC(=O)c1ccc2c(c1)CNC2)C(=O)O. The molecular formula is C15H20N2O3. The van der Waals surface area contributed by atoms with Crippen molar-refractivity contribution in [2.24, 2.45) is 5.92 Å². The number of rotatable bonds is 6. The number of fused-ring (bicyclic) bond motifs is 1. The van der Waals surface area contributed by atoms with E-state index in [4.69, 9.17) is 5.11 Å². The third-order valence-electron chi connectivity index (χ3n) is 3.59. The fourth-order valence-electron chi connectivity index (χ4n) is 2.42. The Morgan fingerprint density at radius 3 is 2.80 bits per heavy atom. The van der Waals surface area contributed by atoms with Crippen molar-refractivity contribution in [2.45, 2.75) is 32.9 Å². The van der Waals surface area contributed by atoms with E-state index in [2.05, 4.69) is 10.6 Å². The van der Waals surface area contributed by atoms with Gasteiger partial charge in [-0.2, -0.15) is 0 Å². The molecule has 0 aromatic heterocycles. The van der Waals surface area contributed by atoms with Gasteiger partial charge in [-0.25, -0.2) is 0 Å². The van der Waals surface area contributed by atoms with Gasteiger partial charge in [-0.1, -0.05) is 19.4 Å². The minimum Gasteiger partial charge on any atom is -0.481 e. The Morgan fingerprint density at radius 2 is 2.10 bits per heavy atom. The van der Waals surface area contributed by atoms with Crippen LogP contribution in [-0.4, -0.2) is 23.5 Å². The van der Waals surface area contributed by atoms with E-state index < -0.39 is 11.9 Å². The predicted molar refractivity (Wildman–Crippen MR) is 75.4 cm³/mol. The summed E-state index contributed by atoms with van der Waals surface area (Å²) in [4.78, 5) is 23.1. The molecule has 1 aliphatic heterocycles. The zero-order valence-electron chi connectivity index (χ0n) is 11.6. The van der Waals surface area contributed by atoms with Gasteiger partial charge < -0.3 is 15.7 Å². The Morgan fingerprint density at radius 1 is 1.35 bits per heavy atom. The molecule has 0 saturated carbocycles. The van der Waals surface area contributed by atoms with E-state index in [9.17, 15) is 9.59 Å². The first-order valence-corrected chi connectivity index (χ1v) is 6.95. The van der Waals surface area contributed by atoms with Crippen molar-refractivity contribution in [3.8, 4) is 0 Å². The number of carboxylic acid groups (broad SMARTS) is 1. The normalized spacial score (nSPS) is 14.7. The summed E-state index contributed by atoms with van der Waals surface area (Å²) in [6.07, 6.45) is 1.36. The highest BCUT2D eigenvalue weighted by molar-refractivity contribution is 5.94. The molecule has 108 valence electrons. The molecule has 2 rings (SSSR count). The molecule has 20 heavy (non-hydrogen) atoms. The Balaban J connectivity index is 1.96.